The van der Waals surface area contributed by atoms with Crippen LogP contribution in [0.3, 0.4) is 0 Å². The Morgan fingerprint density at radius 2 is 1.95 bits per heavy atom. The summed E-state index contributed by atoms with van der Waals surface area (Å²) in [6, 6.07) is 15.4. The van der Waals surface area contributed by atoms with Crippen molar-refractivity contribution in [1.82, 2.24) is 4.90 Å². The highest BCUT2D eigenvalue weighted by atomic mass is 15.1. The predicted molar refractivity (Wildman–Crippen MR) is 89.6 cm³/mol. The number of nitrogens with one attached hydrogen (secondary N) is 1. The zero-order chi connectivity index (χ0) is 14.7. The van der Waals surface area contributed by atoms with Gasteiger partial charge in [-0.05, 0) is 49.6 Å². The van der Waals surface area contributed by atoms with Gasteiger partial charge in [0.25, 0.3) is 0 Å². The van der Waals surface area contributed by atoms with Crippen LogP contribution >= 0.6 is 0 Å². The van der Waals surface area contributed by atoms with E-state index in [1.165, 1.54) is 40.8 Å². The molecule has 110 valence electrons. The van der Waals surface area contributed by atoms with Crippen molar-refractivity contribution in [3.63, 3.8) is 0 Å². The van der Waals surface area contributed by atoms with E-state index in [9.17, 15) is 0 Å². The van der Waals surface area contributed by atoms with E-state index in [0.29, 0.717) is 0 Å². The number of hydrogen-bond donors (Lipinski definition) is 1. The first-order valence-electron chi connectivity index (χ1n) is 7.81. The minimum absolute atomic E-state index is 0.999. The highest BCUT2D eigenvalue weighted by Gasteiger charge is 2.13. The largest absolute Gasteiger partial charge is 0.385 e. The van der Waals surface area contributed by atoms with Gasteiger partial charge in [-0.2, -0.15) is 0 Å². The van der Waals surface area contributed by atoms with E-state index in [-0.39, 0.29) is 0 Å². The Kier molecular flexibility index (Phi) is 4.26. The first-order chi connectivity index (χ1) is 10.2. The van der Waals surface area contributed by atoms with Gasteiger partial charge in [0.15, 0.2) is 0 Å². The summed E-state index contributed by atoms with van der Waals surface area (Å²) >= 11 is 0. The lowest BCUT2D eigenvalue weighted by atomic mass is 9.97. The molecule has 3 rings (SSSR count). The molecule has 0 spiro atoms. The van der Waals surface area contributed by atoms with Crippen LogP contribution in [0.4, 0.5) is 5.69 Å². The Labute approximate surface area is 127 Å². The fraction of sp³-hybridized carbons (Fsp3) is 0.368. The standard InChI is InChI=1S/C19H24N2/c1-15-6-3-7-16(12-15)13-21(2)14-17-8-4-10-19-18(17)9-5-11-20-19/h3-4,6-8,10,12,20H,5,9,11,13-14H2,1-2H3. The minimum atomic E-state index is 0.999. The first kappa shape index (κ1) is 14.2. The molecule has 0 saturated carbocycles. The molecule has 0 unspecified atom stereocenters. The number of fused-ring (bicyclic) bond motifs is 1. The molecule has 0 bridgehead atoms. The summed E-state index contributed by atoms with van der Waals surface area (Å²) in [5, 5.41) is 3.51. The molecule has 1 aliphatic heterocycles. The molecule has 2 aromatic carbocycles. The quantitative estimate of drug-likeness (QED) is 0.911. The normalized spacial score (nSPS) is 13.9. The maximum Gasteiger partial charge on any atom is 0.0375 e. The van der Waals surface area contributed by atoms with Crippen LogP contribution in [0.1, 0.15) is 28.7 Å². The van der Waals surface area contributed by atoms with E-state index < -0.39 is 0 Å². The number of anilines is 1. The second kappa shape index (κ2) is 6.31. The zero-order valence-electron chi connectivity index (χ0n) is 13.0. The minimum Gasteiger partial charge on any atom is -0.385 e. The molecule has 2 aromatic rings. The number of rotatable bonds is 4. The van der Waals surface area contributed by atoms with Gasteiger partial charge in [-0.3, -0.25) is 4.90 Å². The van der Waals surface area contributed by atoms with Crippen LogP contribution in [0.5, 0.6) is 0 Å². The lowest BCUT2D eigenvalue weighted by Gasteiger charge is -2.24. The van der Waals surface area contributed by atoms with E-state index in [4.69, 9.17) is 0 Å². The van der Waals surface area contributed by atoms with Crippen molar-refractivity contribution in [3.8, 4) is 0 Å². The Hall–Kier alpha value is -1.80. The second-order valence-electron chi connectivity index (χ2n) is 6.13. The monoisotopic (exact) mass is 280 g/mol. The van der Waals surface area contributed by atoms with Gasteiger partial charge in [0.05, 0.1) is 0 Å². The third kappa shape index (κ3) is 3.45. The van der Waals surface area contributed by atoms with Crippen molar-refractivity contribution in [3.05, 3.63) is 64.7 Å². The van der Waals surface area contributed by atoms with E-state index in [1.807, 2.05) is 0 Å². The van der Waals surface area contributed by atoms with Crippen LogP contribution in [0.15, 0.2) is 42.5 Å². The number of nitrogens with zero attached hydrogens (tertiary/aromatic N) is 1. The molecular formula is C19H24N2. The van der Waals surface area contributed by atoms with Crippen molar-refractivity contribution in [2.75, 3.05) is 18.9 Å². The Morgan fingerprint density at radius 3 is 2.81 bits per heavy atom. The number of hydrogen-bond acceptors (Lipinski definition) is 2. The summed E-state index contributed by atoms with van der Waals surface area (Å²) in [6.45, 7) is 5.27. The maximum atomic E-state index is 3.51. The van der Waals surface area contributed by atoms with Gasteiger partial charge in [0.2, 0.25) is 0 Å². The van der Waals surface area contributed by atoms with Gasteiger partial charge in [-0.15, -0.1) is 0 Å². The van der Waals surface area contributed by atoms with Gasteiger partial charge in [0.1, 0.15) is 0 Å². The summed E-state index contributed by atoms with van der Waals surface area (Å²) in [7, 11) is 2.21. The van der Waals surface area contributed by atoms with Crippen LogP contribution in [0.2, 0.25) is 0 Å². The molecule has 2 nitrogen and oxygen atoms in total. The molecule has 0 radical (unpaired) electrons. The molecule has 0 fully saturated rings. The van der Waals surface area contributed by atoms with Gasteiger partial charge < -0.3 is 5.32 Å². The van der Waals surface area contributed by atoms with Gasteiger partial charge in [-0.25, -0.2) is 0 Å². The summed E-state index contributed by atoms with van der Waals surface area (Å²) < 4.78 is 0. The lowest BCUT2D eigenvalue weighted by molar-refractivity contribution is 0.318. The van der Waals surface area contributed by atoms with Crippen molar-refractivity contribution < 1.29 is 0 Å². The van der Waals surface area contributed by atoms with Gasteiger partial charge >= 0.3 is 0 Å². The molecule has 0 aliphatic carbocycles. The Balaban J connectivity index is 1.71. The van der Waals surface area contributed by atoms with Gasteiger partial charge in [-0.1, -0.05) is 42.0 Å². The van der Waals surface area contributed by atoms with Crippen molar-refractivity contribution in [2.24, 2.45) is 0 Å². The lowest BCUT2D eigenvalue weighted by Crippen LogP contribution is -2.20. The molecule has 2 heteroatoms. The van der Waals surface area contributed by atoms with E-state index in [2.05, 4.69) is 66.7 Å². The summed E-state index contributed by atoms with van der Waals surface area (Å²) in [5.74, 6) is 0. The molecule has 1 N–H and O–H groups in total. The van der Waals surface area contributed by atoms with Gasteiger partial charge in [0, 0.05) is 25.3 Å². The molecule has 0 amide bonds. The summed E-state index contributed by atoms with van der Waals surface area (Å²) in [4.78, 5) is 2.40. The molecule has 1 aliphatic rings. The van der Waals surface area contributed by atoms with Crippen LogP contribution in [0.25, 0.3) is 0 Å². The second-order valence-corrected chi connectivity index (χ2v) is 6.13. The summed E-state index contributed by atoms with van der Waals surface area (Å²) in [6.07, 6.45) is 2.45. The third-order valence-corrected chi connectivity index (χ3v) is 4.17. The van der Waals surface area contributed by atoms with Crippen molar-refractivity contribution >= 4 is 5.69 Å². The third-order valence-electron chi connectivity index (χ3n) is 4.17. The van der Waals surface area contributed by atoms with Crippen LogP contribution < -0.4 is 5.32 Å². The highest BCUT2D eigenvalue weighted by molar-refractivity contribution is 5.56. The van der Waals surface area contributed by atoms with Crippen LogP contribution in [-0.4, -0.2) is 18.5 Å². The fourth-order valence-electron chi connectivity index (χ4n) is 3.20. The zero-order valence-corrected chi connectivity index (χ0v) is 13.0. The van der Waals surface area contributed by atoms with E-state index in [1.54, 1.807) is 0 Å². The molecule has 0 saturated heterocycles. The average Bonchev–Trinajstić information content (AvgIpc) is 2.47. The van der Waals surface area contributed by atoms with Crippen LogP contribution in [-0.2, 0) is 19.5 Å². The van der Waals surface area contributed by atoms with E-state index >= 15 is 0 Å². The molecule has 0 atom stereocenters. The fourth-order valence-corrected chi connectivity index (χ4v) is 3.20. The van der Waals surface area contributed by atoms with E-state index in [0.717, 1.165) is 19.6 Å². The molecule has 0 aromatic heterocycles. The molecule has 1 heterocycles. The topological polar surface area (TPSA) is 15.3 Å². The molecule has 21 heavy (non-hydrogen) atoms. The maximum absolute atomic E-state index is 3.51. The van der Waals surface area contributed by atoms with Crippen LogP contribution in [0, 0.1) is 6.92 Å². The number of benzene rings is 2. The Morgan fingerprint density at radius 1 is 1.10 bits per heavy atom. The van der Waals surface area contributed by atoms with Crippen molar-refractivity contribution in [2.45, 2.75) is 32.9 Å². The highest BCUT2D eigenvalue weighted by Crippen LogP contribution is 2.26. The number of aryl methyl sites for hydroxylation is 1. The first-order valence-corrected chi connectivity index (χ1v) is 7.81. The Bertz CT molecular complexity index is 619. The predicted octanol–water partition coefficient (Wildman–Crippen LogP) is 3.99. The molecular weight excluding hydrogens is 256 g/mol. The SMILES string of the molecule is Cc1cccc(CN(C)Cc2cccc3c2CCCN3)c1. The van der Waals surface area contributed by atoms with Crippen molar-refractivity contribution in [1.29, 1.82) is 0 Å². The average molecular weight is 280 g/mol. The smallest absolute Gasteiger partial charge is 0.0375 e. The summed E-state index contributed by atoms with van der Waals surface area (Å²) in [5.41, 5.74) is 7.04.